The second-order valence-electron chi connectivity index (χ2n) is 7.83. The average molecular weight is 377 g/mol. The summed E-state index contributed by atoms with van der Waals surface area (Å²) in [6.45, 7) is 7.68. The lowest BCUT2D eigenvalue weighted by Crippen LogP contribution is -2.36. The molecule has 5 nitrogen and oxygen atoms in total. The number of hydrogen-bond donors (Lipinski definition) is 0. The number of rotatable bonds is 5. The second-order valence-corrected chi connectivity index (χ2v) is 7.83. The Morgan fingerprint density at radius 3 is 2.75 bits per heavy atom. The summed E-state index contributed by atoms with van der Waals surface area (Å²) in [5.41, 5.74) is 5.31. The number of aromatic nitrogens is 2. The molecule has 0 saturated carbocycles. The lowest BCUT2D eigenvalue weighted by Gasteiger charge is -2.23. The standard InChI is InChI=1S/C23H28N4O/c1-4-25(3)20-11-12-26(15-20)23(28)19-8-6-18(7-9-19)14-27-16-24-21-13-17(2)5-10-22(21)27/h5-10,13,16,20H,4,11-12,14-15H2,1-3H3. The molecule has 0 radical (unpaired) electrons. The fourth-order valence-electron chi connectivity index (χ4n) is 3.98. The molecular formula is C23H28N4O. The van der Waals surface area contributed by atoms with Crippen LogP contribution < -0.4 is 0 Å². The first kappa shape index (κ1) is 18.7. The van der Waals surface area contributed by atoms with Gasteiger partial charge in [-0.1, -0.05) is 25.1 Å². The number of aryl methyl sites for hydroxylation is 1. The second kappa shape index (κ2) is 7.76. The van der Waals surface area contributed by atoms with Crippen molar-refractivity contribution < 1.29 is 4.79 Å². The predicted molar refractivity (Wildman–Crippen MR) is 113 cm³/mol. The van der Waals surface area contributed by atoms with Gasteiger partial charge in [0.25, 0.3) is 5.91 Å². The molecule has 3 aromatic rings. The van der Waals surface area contributed by atoms with Gasteiger partial charge in [0.15, 0.2) is 0 Å². The van der Waals surface area contributed by atoms with Gasteiger partial charge in [0.2, 0.25) is 0 Å². The lowest BCUT2D eigenvalue weighted by molar-refractivity contribution is 0.0781. The molecule has 4 rings (SSSR count). The monoisotopic (exact) mass is 376 g/mol. The van der Waals surface area contributed by atoms with Gasteiger partial charge >= 0.3 is 0 Å². The number of likely N-dealkylation sites (N-methyl/N-ethyl adjacent to an activating group) is 1. The van der Waals surface area contributed by atoms with Crippen LogP contribution in [0.25, 0.3) is 11.0 Å². The zero-order valence-corrected chi connectivity index (χ0v) is 16.9. The summed E-state index contributed by atoms with van der Waals surface area (Å²) in [6, 6.07) is 14.8. The summed E-state index contributed by atoms with van der Waals surface area (Å²) in [5.74, 6) is 0.141. The molecule has 28 heavy (non-hydrogen) atoms. The van der Waals surface area contributed by atoms with E-state index in [2.05, 4.69) is 65.7 Å². The van der Waals surface area contributed by atoms with Crippen molar-refractivity contribution >= 4 is 16.9 Å². The van der Waals surface area contributed by atoms with Crippen molar-refractivity contribution in [3.63, 3.8) is 0 Å². The molecule has 1 atom stereocenters. The highest BCUT2D eigenvalue weighted by Crippen LogP contribution is 2.19. The maximum Gasteiger partial charge on any atom is 0.253 e. The Kier molecular flexibility index (Phi) is 5.18. The van der Waals surface area contributed by atoms with Crippen LogP contribution in [0.1, 0.15) is 34.8 Å². The third-order valence-electron chi connectivity index (χ3n) is 5.90. The number of amides is 1. The van der Waals surface area contributed by atoms with Crippen LogP contribution in [0.15, 0.2) is 48.8 Å². The number of fused-ring (bicyclic) bond motifs is 1. The molecular weight excluding hydrogens is 348 g/mol. The van der Waals surface area contributed by atoms with E-state index in [1.807, 2.05) is 23.4 Å². The molecule has 2 aromatic carbocycles. The fourth-order valence-corrected chi connectivity index (χ4v) is 3.98. The maximum atomic E-state index is 12.8. The van der Waals surface area contributed by atoms with Crippen LogP contribution in [0, 0.1) is 6.92 Å². The van der Waals surface area contributed by atoms with Gasteiger partial charge in [0.1, 0.15) is 0 Å². The van der Waals surface area contributed by atoms with Crippen LogP contribution in [0.3, 0.4) is 0 Å². The van der Waals surface area contributed by atoms with E-state index < -0.39 is 0 Å². The number of likely N-dealkylation sites (tertiary alicyclic amines) is 1. The molecule has 146 valence electrons. The molecule has 0 bridgehead atoms. The van der Waals surface area contributed by atoms with Gasteiger partial charge in [-0.05, 0) is 62.3 Å². The third kappa shape index (κ3) is 3.67. The molecule has 1 fully saturated rings. The van der Waals surface area contributed by atoms with Gasteiger partial charge in [-0.2, -0.15) is 0 Å². The molecule has 2 heterocycles. The third-order valence-corrected chi connectivity index (χ3v) is 5.90. The van der Waals surface area contributed by atoms with Gasteiger partial charge in [0, 0.05) is 31.2 Å². The topological polar surface area (TPSA) is 41.4 Å². The Bertz CT molecular complexity index is 976. The van der Waals surface area contributed by atoms with Gasteiger partial charge < -0.3 is 14.4 Å². The molecule has 1 aromatic heterocycles. The first-order valence-corrected chi connectivity index (χ1v) is 10.0. The van der Waals surface area contributed by atoms with Crippen LogP contribution in [0.4, 0.5) is 0 Å². The highest BCUT2D eigenvalue weighted by Gasteiger charge is 2.28. The van der Waals surface area contributed by atoms with E-state index >= 15 is 0 Å². The van der Waals surface area contributed by atoms with E-state index in [-0.39, 0.29) is 5.91 Å². The van der Waals surface area contributed by atoms with Gasteiger partial charge in [-0.3, -0.25) is 4.79 Å². The number of carbonyl (C=O) groups is 1. The van der Waals surface area contributed by atoms with Crippen LogP contribution in [-0.4, -0.2) is 58.0 Å². The fraction of sp³-hybridized carbons (Fsp3) is 0.391. The Balaban J connectivity index is 1.44. The average Bonchev–Trinajstić information content (AvgIpc) is 3.35. The number of carbonyl (C=O) groups excluding carboxylic acids is 1. The normalized spacial score (nSPS) is 17.0. The molecule has 1 saturated heterocycles. The molecule has 1 aliphatic rings. The van der Waals surface area contributed by atoms with Gasteiger partial charge in [-0.15, -0.1) is 0 Å². The van der Waals surface area contributed by atoms with Crippen molar-refractivity contribution in [2.24, 2.45) is 0 Å². The zero-order valence-electron chi connectivity index (χ0n) is 16.9. The van der Waals surface area contributed by atoms with Gasteiger partial charge in [-0.25, -0.2) is 4.98 Å². The number of hydrogen-bond acceptors (Lipinski definition) is 3. The van der Waals surface area contributed by atoms with Crippen molar-refractivity contribution in [2.45, 2.75) is 32.9 Å². The minimum atomic E-state index is 0.141. The summed E-state index contributed by atoms with van der Waals surface area (Å²) in [6.07, 6.45) is 2.94. The van der Waals surface area contributed by atoms with E-state index in [9.17, 15) is 4.79 Å². The van der Waals surface area contributed by atoms with Crippen LogP contribution in [0.5, 0.6) is 0 Å². The van der Waals surface area contributed by atoms with Crippen molar-refractivity contribution in [3.05, 3.63) is 65.5 Å². The van der Waals surface area contributed by atoms with Crippen LogP contribution in [0.2, 0.25) is 0 Å². The number of imidazole rings is 1. The molecule has 0 aliphatic carbocycles. The Hall–Kier alpha value is -2.66. The summed E-state index contributed by atoms with van der Waals surface area (Å²) in [7, 11) is 2.13. The summed E-state index contributed by atoms with van der Waals surface area (Å²) in [4.78, 5) is 21.6. The minimum absolute atomic E-state index is 0.141. The van der Waals surface area contributed by atoms with Crippen LogP contribution >= 0.6 is 0 Å². The summed E-state index contributed by atoms with van der Waals surface area (Å²) in [5, 5.41) is 0. The molecule has 5 heteroatoms. The van der Waals surface area contributed by atoms with E-state index in [0.29, 0.717) is 6.04 Å². The molecule has 0 spiro atoms. The van der Waals surface area contributed by atoms with E-state index in [1.165, 1.54) is 11.1 Å². The van der Waals surface area contributed by atoms with Gasteiger partial charge in [0.05, 0.1) is 17.4 Å². The Morgan fingerprint density at radius 1 is 1.21 bits per heavy atom. The van der Waals surface area contributed by atoms with Crippen molar-refractivity contribution in [1.29, 1.82) is 0 Å². The van der Waals surface area contributed by atoms with E-state index in [0.717, 1.165) is 49.2 Å². The molecule has 1 amide bonds. The van der Waals surface area contributed by atoms with Crippen LogP contribution in [-0.2, 0) is 6.54 Å². The Morgan fingerprint density at radius 2 is 2.00 bits per heavy atom. The number of nitrogens with zero attached hydrogens (tertiary/aromatic N) is 4. The smallest absolute Gasteiger partial charge is 0.253 e. The predicted octanol–water partition coefficient (Wildman–Crippen LogP) is 3.56. The lowest BCUT2D eigenvalue weighted by atomic mass is 10.1. The highest BCUT2D eigenvalue weighted by atomic mass is 16.2. The summed E-state index contributed by atoms with van der Waals surface area (Å²) >= 11 is 0. The molecule has 1 aliphatic heterocycles. The quantitative estimate of drug-likeness (QED) is 0.684. The maximum absolute atomic E-state index is 12.8. The van der Waals surface area contributed by atoms with Crippen molar-refractivity contribution in [2.75, 3.05) is 26.7 Å². The first-order valence-electron chi connectivity index (χ1n) is 10.0. The SMILES string of the molecule is CCN(C)C1CCN(C(=O)c2ccc(Cn3cnc4cc(C)ccc43)cc2)C1. The first-order chi connectivity index (χ1) is 13.5. The van der Waals surface area contributed by atoms with Crippen molar-refractivity contribution in [3.8, 4) is 0 Å². The van der Waals surface area contributed by atoms with E-state index in [1.54, 1.807) is 0 Å². The molecule has 1 unspecified atom stereocenters. The zero-order chi connectivity index (χ0) is 19.7. The molecule has 0 N–H and O–H groups in total. The number of benzene rings is 2. The minimum Gasteiger partial charge on any atom is -0.337 e. The largest absolute Gasteiger partial charge is 0.337 e. The van der Waals surface area contributed by atoms with Crippen molar-refractivity contribution in [1.82, 2.24) is 19.4 Å². The van der Waals surface area contributed by atoms with E-state index in [4.69, 9.17) is 0 Å². The highest BCUT2D eigenvalue weighted by molar-refractivity contribution is 5.94. The Labute approximate surface area is 166 Å². The summed E-state index contributed by atoms with van der Waals surface area (Å²) < 4.78 is 2.15.